The molecule has 0 radical (unpaired) electrons. The maximum absolute atomic E-state index is 13.3. The first-order valence-corrected chi connectivity index (χ1v) is 9.93. The van der Waals surface area contributed by atoms with Crippen LogP contribution in [0.4, 0.5) is 0 Å². The molecule has 0 saturated heterocycles. The van der Waals surface area contributed by atoms with Crippen molar-refractivity contribution in [1.82, 2.24) is 9.29 Å². The predicted octanol–water partition coefficient (Wildman–Crippen LogP) is 4.45. The van der Waals surface area contributed by atoms with E-state index in [1.807, 2.05) is 49.4 Å². The summed E-state index contributed by atoms with van der Waals surface area (Å²) in [6.45, 7) is 1.87. The lowest BCUT2D eigenvalue weighted by atomic mass is 10.0. The highest BCUT2D eigenvalue weighted by Gasteiger charge is 2.32. The molecule has 2 aromatic carbocycles. The summed E-state index contributed by atoms with van der Waals surface area (Å²) in [5, 5.41) is 0.213. The van der Waals surface area contributed by atoms with Crippen molar-refractivity contribution in [1.29, 1.82) is 0 Å². The lowest BCUT2D eigenvalue weighted by Crippen LogP contribution is -2.32. The van der Waals surface area contributed by atoms with E-state index in [2.05, 4.69) is 4.98 Å². The van der Waals surface area contributed by atoms with E-state index < -0.39 is 16.1 Å². The van der Waals surface area contributed by atoms with Crippen LogP contribution >= 0.6 is 11.6 Å². The van der Waals surface area contributed by atoms with E-state index in [9.17, 15) is 8.42 Å². The van der Waals surface area contributed by atoms with Crippen molar-refractivity contribution < 1.29 is 8.42 Å². The zero-order chi connectivity index (χ0) is 18.7. The number of benzene rings is 2. The summed E-state index contributed by atoms with van der Waals surface area (Å²) >= 11 is 6.23. The highest BCUT2D eigenvalue weighted by molar-refractivity contribution is 7.89. The molecular formula is C20H19ClN2O2S. The average molecular weight is 387 g/mol. The van der Waals surface area contributed by atoms with Gasteiger partial charge in [0.05, 0.1) is 16.8 Å². The molecule has 0 spiro atoms. The third-order valence-electron chi connectivity index (χ3n) is 4.19. The van der Waals surface area contributed by atoms with Gasteiger partial charge in [-0.15, -0.1) is 0 Å². The lowest BCUT2D eigenvalue weighted by molar-refractivity contribution is 0.412. The Kier molecular flexibility index (Phi) is 5.41. The zero-order valence-electron chi connectivity index (χ0n) is 14.5. The molecule has 0 bridgehead atoms. The molecule has 1 aromatic heterocycles. The minimum absolute atomic E-state index is 0.0872. The predicted molar refractivity (Wildman–Crippen MR) is 104 cm³/mol. The monoisotopic (exact) mass is 386 g/mol. The topological polar surface area (TPSA) is 50.3 Å². The van der Waals surface area contributed by atoms with Crippen molar-refractivity contribution in [2.75, 3.05) is 7.05 Å². The van der Waals surface area contributed by atoms with E-state index in [4.69, 9.17) is 11.6 Å². The molecular weight excluding hydrogens is 368 g/mol. The Labute approximate surface area is 159 Å². The van der Waals surface area contributed by atoms with Crippen LogP contribution in [0.5, 0.6) is 0 Å². The molecule has 1 unspecified atom stereocenters. The quantitative estimate of drug-likeness (QED) is 0.650. The number of sulfonamides is 1. The second-order valence-corrected chi connectivity index (χ2v) is 8.40. The number of halogens is 1. The molecule has 1 heterocycles. The molecule has 0 aliphatic rings. The summed E-state index contributed by atoms with van der Waals surface area (Å²) in [7, 11) is -2.27. The van der Waals surface area contributed by atoms with Crippen LogP contribution in [0.2, 0.25) is 5.02 Å². The van der Waals surface area contributed by atoms with E-state index in [0.717, 1.165) is 11.1 Å². The Morgan fingerprint density at radius 1 is 1.00 bits per heavy atom. The Balaban J connectivity index is 2.12. The summed E-state index contributed by atoms with van der Waals surface area (Å²) < 4.78 is 27.9. The van der Waals surface area contributed by atoms with Gasteiger partial charge in [-0.25, -0.2) is 8.42 Å². The van der Waals surface area contributed by atoms with Crippen LogP contribution in [0.1, 0.15) is 22.9 Å². The van der Waals surface area contributed by atoms with Crippen LogP contribution in [-0.4, -0.2) is 24.8 Å². The fourth-order valence-electron chi connectivity index (χ4n) is 2.85. The summed E-state index contributed by atoms with van der Waals surface area (Å²) in [6.07, 6.45) is 1.66. The molecule has 6 heteroatoms. The largest absolute Gasteiger partial charge is 0.259 e. The minimum atomic E-state index is -3.82. The van der Waals surface area contributed by atoms with Crippen LogP contribution in [0.25, 0.3) is 0 Å². The summed E-state index contributed by atoms with van der Waals surface area (Å²) in [6, 6.07) is 19.3. The van der Waals surface area contributed by atoms with Crippen molar-refractivity contribution in [3.63, 3.8) is 0 Å². The van der Waals surface area contributed by atoms with Crippen LogP contribution in [0.3, 0.4) is 0 Å². The van der Waals surface area contributed by atoms with Gasteiger partial charge in [0.2, 0.25) is 10.0 Å². The first kappa shape index (κ1) is 18.6. The van der Waals surface area contributed by atoms with E-state index in [1.165, 1.54) is 4.31 Å². The maximum atomic E-state index is 13.3. The minimum Gasteiger partial charge on any atom is -0.259 e. The van der Waals surface area contributed by atoms with Gasteiger partial charge >= 0.3 is 0 Å². The maximum Gasteiger partial charge on any atom is 0.245 e. The molecule has 0 amide bonds. The standard InChI is InChI=1S/C20H19ClN2O2S/c1-15-11-12-19(17(21)14-15)26(24,25)23(2)20(16-8-4-3-5-9-16)18-10-6-7-13-22-18/h3-14,20H,1-2H3. The number of aromatic nitrogens is 1. The summed E-state index contributed by atoms with van der Waals surface area (Å²) in [5.74, 6) is 0. The van der Waals surface area contributed by atoms with Gasteiger partial charge in [0, 0.05) is 13.2 Å². The van der Waals surface area contributed by atoms with Gasteiger partial charge in [-0.1, -0.05) is 54.1 Å². The molecule has 0 saturated carbocycles. The molecule has 0 aliphatic carbocycles. The Morgan fingerprint density at radius 3 is 2.31 bits per heavy atom. The number of aryl methyl sites for hydroxylation is 1. The van der Waals surface area contributed by atoms with Crippen LogP contribution in [-0.2, 0) is 10.0 Å². The fourth-order valence-corrected chi connectivity index (χ4v) is 4.74. The van der Waals surface area contributed by atoms with E-state index >= 15 is 0 Å². The van der Waals surface area contributed by atoms with Gasteiger partial charge < -0.3 is 0 Å². The van der Waals surface area contributed by atoms with Crippen molar-refractivity contribution in [3.05, 3.63) is 94.8 Å². The number of nitrogens with zero attached hydrogens (tertiary/aromatic N) is 2. The first-order chi connectivity index (χ1) is 12.4. The smallest absolute Gasteiger partial charge is 0.245 e. The van der Waals surface area contributed by atoms with Crippen molar-refractivity contribution in [2.24, 2.45) is 0 Å². The Morgan fingerprint density at radius 2 is 1.69 bits per heavy atom. The number of hydrogen-bond acceptors (Lipinski definition) is 3. The van der Waals surface area contributed by atoms with Gasteiger partial charge in [-0.2, -0.15) is 4.31 Å². The van der Waals surface area contributed by atoms with E-state index in [1.54, 1.807) is 37.5 Å². The molecule has 1 atom stereocenters. The van der Waals surface area contributed by atoms with Crippen molar-refractivity contribution in [2.45, 2.75) is 17.9 Å². The molecule has 3 aromatic rings. The van der Waals surface area contributed by atoms with Gasteiger partial charge in [-0.3, -0.25) is 4.98 Å². The molecule has 3 rings (SSSR count). The highest BCUT2D eigenvalue weighted by atomic mass is 35.5. The SMILES string of the molecule is Cc1ccc(S(=O)(=O)N(C)C(c2ccccc2)c2ccccn2)c(Cl)c1. The van der Waals surface area contributed by atoms with Gasteiger partial charge in [0.1, 0.15) is 4.90 Å². The molecule has 134 valence electrons. The lowest BCUT2D eigenvalue weighted by Gasteiger charge is -2.28. The molecule has 26 heavy (non-hydrogen) atoms. The molecule has 0 fully saturated rings. The van der Waals surface area contributed by atoms with Crippen LogP contribution < -0.4 is 0 Å². The van der Waals surface area contributed by atoms with E-state index in [0.29, 0.717) is 5.69 Å². The molecule has 0 aliphatic heterocycles. The first-order valence-electron chi connectivity index (χ1n) is 8.11. The van der Waals surface area contributed by atoms with Gasteiger partial charge in [-0.05, 0) is 42.3 Å². The second-order valence-electron chi connectivity index (χ2n) is 6.02. The third-order valence-corrected chi connectivity index (χ3v) is 6.50. The summed E-state index contributed by atoms with van der Waals surface area (Å²) in [4.78, 5) is 4.47. The third kappa shape index (κ3) is 3.65. The van der Waals surface area contributed by atoms with E-state index in [-0.39, 0.29) is 9.92 Å². The average Bonchev–Trinajstić information content (AvgIpc) is 2.63. The zero-order valence-corrected chi connectivity index (χ0v) is 16.1. The number of pyridine rings is 1. The van der Waals surface area contributed by atoms with Crippen LogP contribution in [0.15, 0.2) is 77.8 Å². The molecule has 4 nitrogen and oxygen atoms in total. The fraction of sp³-hybridized carbons (Fsp3) is 0.150. The highest BCUT2D eigenvalue weighted by Crippen LogP contribution is 2.33. The van der Waals surface area contributed by atoms with Crippen molar-refractivity contribution >= 4 is 21.6 Å². The number of hydrogen-bond donors (Lipinski definition) is 0. The normalized spacial score (nSPS) is 12.9. The van der Waals surface area contributed by atoms with Crippen LogP contribution in [0, 0.1) is 6.92 Å². The van der Waals surface area contributed by atoms with Crippen molar-refractivity contribution in [3.8, 4) is 0 Å². The Bertz CT molecular complexity index is 953. The number of rotatable bonds is 5. The summed E-state index contributed by atoms with van der Waals surface area (Å²) in [5.41, 5.74) is 2.38. The second kappa shape index (κ2) is 7.58. The van der Waals surface area contributed by atoms with Gasteiger partial charge in [0.15, 0.2) is 0 Å². The van der Waals surface area contributed by atoms with Gasteiger partial charge in [0.25, 0.3) is 0 Å². The molecule has 0 N–H and O–H groups in total. The Hall–Kier alpha value is -2.21.